The molecule has 0 aliphatic heterocycles. The number of hydrogen-bond acceptors (Lipinski definition) is 4. The SMILES string of the molecule is COCCOCCCOCc1ccc(C(N)=S)cc1. The lowest BCUT2D eigenvalue weighted by Gasteiger charge is -2.06. The highest BCUT2D eigenvalue weighted by molar-refractivity contribution is 7.80. The Morgan fingerprint density at radius 3 is 2.37 bits per heavy atom. The first-order valence-corrected chi connectivity index (χ1v) is 6.68. The summed E-state index contributed by atoms with van der Waals surface area (Å²) in [5, 5.41) is 0. The van der Waals surface area contributed by atoms with E-state index < -0.39 is 0 Å². The first kappa shape index (κ1) is 16.0. The molecule has 0 heterocycles. The van der Waals surface area contributed by atoms with Gasteiger partial charge in [-0.25, -0.2) is 0 Å². The summed E-state index contributed by atoms with van der Waals surface area (Å²) in [4.78, 5) is 0.417. The normalized spacial score (nSPS) is 10.6. The molecule has 0 atom stereocenters. The third kappa shape index (κ3) is 7.22. The maximum absolute atomic E-state index is 5.55. The molecule has 0 bridgehead atoms. The predicted molar refractivity (Wildman–Crippen MR) is 79.3 cm³/mol. The zero-order valence-electron chi connectivity index (χ0n) is 11.3. The molecule has 19 heavy (non-hydrogen) atoms. The highest BCUT2D eigenvalue weighted by Crippen LogP contribution is 2.06. The van der Waals surface area contributed by atoms with E-state index in [4.69, 9.17) is 32.2 Å². The van der Waals surface area contributed by atoms with Gasteiger partial charge >= 0.3 is 0 Å². The Hall–Kier alpha value is -1.01. The molecule has 1 aromatic rings. The highest BCUT2D eigenvalue weighted by atomic mass is 32.1. The van der Waals surface area contributed by atoms with E-state index in [1.807, 2.05) is 24.3 Å². The van der Waals surface area contributed by atoms with Crippen LogP contribution in [0.5, 0.6) is 0 Å². The molecule has 0 saturated heterocycles. The molecule has 1 rings (SSSR count). The Bertz CT molecular complexity index is 367. The Morgan fingerprint density at radius 1 is 1.05 bits per heavy atom. The van der Waals surface area contributed by atoms with Crippen molar-refractivity contribution in [2.75, 3.05) is 33.5 Å². The van der Waals surface area contributed by atoms with E-state index in [-0.39, 0.29) is 0 Å². The molecule has 106 valence electrons. The summed E-state index contributed by atoms with van der Waals surface area (Å²) in [5.41, 5.74) is 7.52. The van der Waals surface area contributed by atoms with Gasteiger partial charge < -0.3 is 19.9 Å². The predicted octanol–water partition coefficient (Wildman–Crippen LogP) is 1.89. The van der Waals surface area contributed by atoms with Gasteiger partial charge in [0.15, 0.2) is 0 Å². The second-order valence-electron chi connectivity index (χ2n) is 4.07. The fourth-order valence-electron chi connectivity index (χ4n) is 1.46. The molecular formula is C14H21NO3S. The number of methoxy groups -OCH3 is 1. The lowest BCUT2D eigenvalue weighted by molar-refractivity contribution is 0.0483. The van der Waals surface area contributed by atoms with Crippen LogP contribution in [0.2, 0.25) is 0 Å². The average molecular weight is 283 g/mol. The van der Waals surface area contributed by atoms with Crippen molar-refractivity contribution in [2.45, 2.75) is 13.0 Å². The number of benzene rings is 1. The number of ether oxygens (including phenoxy) is 3. The third-order valence-corrected chi connectivity index (χ3v) is 2.75. The fraction of sp³-hybridized carbons (Fsp3) is 0.500. The molecule has 0 amide bonds. The molecule has 2 N–H and O–H groups in total. The lowest BCUT2D eigenvalue weighted by Crippen LogP contribution is -2.09. The smallest absolute Gasteiger partial charge is 0.103 e. The fourth-order valence-corrected chi connectivity index (χ4v) is 1.60. The van der Waals surface area contributed by atoms with E-state index in [2.05, 4.69) is 0 Å². The second-order valence-corrected chi connectivity index (χ2v) is 4.51. The third-order valence-electron chi connectivity index (χ3n) is 2.52. The minimum absolute atomic E-state index is 0.417. The molecule has 0 saturated carbocycles. The van der Waals surface area contributed by atoms with E-state index in [1.54, 1.807) is 7.11 Å². The van der Waals surface area contributed by atoms with Crippen LogP contribution in [-0.2, 0) is 20.8 Å². The standard InChI is InChI=1S/C14H21NO3S/c1-16-9-10-17-7-2-8-18-11-12-3-5-13(6-4-12)14(15)19/h3-6H,2,7-11H2,1H3,(H2,15,19). The van der Waals surface area contributed by atoms with Gasteiger partial charge in [0, 0.05) is 25.9 Å². The van der Waals surface area contributed by atoms with Crippen LogP contribution in [0, 0.1) is 0 Å². The summed E-state index contributed by atoms with van der Waals surface area (Å²) in [5.74, 6) is 0. The van der Waals surface area contributed by atoms with Crippen LogP contribution < -0.4 is 5.73 Å². The zero-order chi connectivity index (χ0) is 13.9. The molecule has 0 aliphatic rings. The summed E-state index contributed by atoms with van der Waals surface area (Å²) in [6.07, 6.45) is 0.884. The van der Waals surface area contributed by atoms with Gasteiger partial charge in [-0.1, -0.05) is 36.5 Å². The first-order valence-electron chi connectivity index (χ1n) is 6.27. The maximum atomic E-state index is 5.55. The summed E-state index contributed by atoms with van der Waals surface area (Å²) < 4.78 is 15.8. The first-order chi connectivity index (χ1) is 9.24. The summed E-state index contributed by atoms with van der Waals surface area (Å²) in [7, 11) is 1.66. The molecule has 0 aromatic heterocycles. The number of rotatable bonds is 10. The van der Waals surface area contributed by atoms with Gasteiger partial charge in [0.2, 0.25) is 0 Å². The molecule has 4 nitrogen and oxygen atoms in total. The van der Waals surface area contributed by atoms with Crippen molar-refractivity contribution in [3.8, 4) is 0 Å². The van der Waals surface area contributed by atoms with Gasteiger partial charge in [0.05, 0.1) is 19.8 Å². The number of hydrogen-bond donors (Lipinski definition) is 1. The van der Waals surface area contributed by atoms with Crippen molar-refractivity contribution < 1.29 is 14.2 Å². The minimum atomic E-state index is 0.417. The van der Waals surface area contributed by atoms with Gasteiger partial charge in [-0.15, -0.1) is 0 Å². The van der Waals surface area contributed by atoms with E-state index in [0.717, 1.165) is 17.5 Å². The molecule has 0 spiro atoms. The van der Waals surface area contributed by atoms with E-state index in [1.165, 1.54) is 0 Å². The van der Waals surface area contributed by atoms with Crippen molar-refractivity contribution in [3.63, 3.8) is 0 Å². The van der Waals surface area contributed by atoms with Gasteiger partial charge in [-0.05, 0) is 12.0 Å². The monoisotopic (exact) mass is 283 g/mol. The zero-order valence-corrected chi connectivity index (χ0v) is 12.1. The van der Waals surface area contributed by atoms with Crippen molar-refractivity contribution in [1.29, 1.82) is 0 Å². The molecule has 0 fully saturated rings. The average Bonchev–Trinajstić information content (AvgIpc) is 2.42. The molecule has 5 heteroatoms. The van der Waals surface area contributed by atoms with E-state index in [9.17, 15) is 0 Å². The van der Waals surface area contributed by atoms with Crippen molar-refractivity contribution in [1.82, 2.24) is 0 Å². The van der Waals surface area contributed by atoms with Crippen LogP contribution in [0.4, 0.5) is 0 Å². The Morgan fingerprint density at radius 2 is 1.74 bits per heavy atom. The van der Waals surface area contributed by atoms with Crippen LogP contribution in [-0.4, -0.2) is 38.5 Å². The van der Waals surface area contributed by atoms with Gasteiger partial charge in [-0.2, -0.15) is 0 Å². The van der Waals surface area contributed by atoms with Gasteiger partial charge in [-0.3, -0.25) is 0 Å². The van der Waals surface area contributed by atoms with E-state index >= 15 is 0 Å². The molecule has 0 radical (unpaired) electrons. The van der Waals surface area contributed by atoms with Gasteiger partial charge in [0.1, 0.15) is 4.99 Å². The lowest BCUT2D eigenvalue weighted by atomic mass is 10.1. The maximum Gasteiger partial charge on any atom is 0.103 e. The van der Waals surface area contributed by atoms with Crippen LogP contribution in [0.1, 0.15) is 17.5 Å². The summed E-state index contributed by atoms with van der Waals surface area (Å²) in [6.45, 7) is 3.25. The molecule has 0 aliphatic carbocycles. The van der Waals surface area contributed by atoms with Crippen LogP contribution in [0.3, 0.4) is 0 Å². The minimum Gasteiger partial charge on any atom is -0.389 e. The Labute approximate surface area is 119 Å². The highest BCUT2D eigenvalue weighted by Gasteiger charge is 1.97. The summed E-state index contributed by atoms with van der Waals surface area (Å²) in [6, 6.07) is 7.77. The van der Waals surface area contributed by atoms with Crippen molar-refractivity contribution in [3.05, 3.63) is 35.4 Å². The topological polar surface area (TPSA) is 53.7 Å². The molecule has 0 unspecified atom stereocenters. The molecule has 1 aromatic carbocycles. The second kappa shape index (κ2) is 9.86. The number of thiocarbonyl (C=S) groups is 1. The molecular weight excluding hydrogens is 262 g/mol. The largest absolute Gasteiger partial charge is 0.389 e. The van der Waals surface area contributed by atoms with Crippen LogP contribution in [0.15, 0.2) is 24.3 Å². The Kier molecular flexibility index (Phi) is 8.33. The number of nitrogens with two attached hydrogens (primary N) is 1. The Balaban J connectivity index is 2.07. The quantitative estimate of drug-likeness (QED) is 0.525. The van der Waals surface area contributed by atoms with E-state index in [0.29, 0.717) is 38.0 Å². The van der Waals surface area contributed by atoms with Crippen LogP contribution >= 0.6 is 12.2 Å². The van der Waals surface area contributed by atoms with Crippen molar-refractivity contribution >= 4 is 17.2 Å². The summed E-state index contributed by atoms with van der Waals surface area (Å²) >= 11 is 4.89. The van der Waals surface area contributed by atoms with Crippen LogP contribution in [0.25, 0.3) is 0 Å². The van der Waals surface area contributed by atoms with Crippen molar-refractivity contribution in [2.24, 2.45) is 5.73 Å². The van der Waals surface area contributed by atoms with Gasteiger partial charge in [0.25, 0.3) is 0 Å².